The second-order valence-electron chi connectivity index (χ2n) is 6.41. The van der Waals surface area contributed by atoms with E-state index in [0.29, 0.717) is 16.8 Å². The monoisotopic (exact) mass is 438 g/mol. The summed E-state index contributed by atoms with van der Waals surface area (Å²) in [6.07, 6.45) is 2.91. The van der Waals surface area contributed by atoms with Crippen LogP contribution in [-0.4, -0.2) is 55.3 Å². The topological polar surface area (TPSA) is 110 Å². The van der Waals surface area contributed by atoms with Gasteiger partial charge in [0.05, 0.1) is 16.2 Å². The van der Waals surface area contributed by atoms with Gasteiger partial charge in [0.2, 0.25) is 0 Å². The Morgan fingerprint density at radius 2 is 1.90 bits per heavy atom. The van der Waals surface area contributed by atoms with Crippen molar-refractivity contribution in [1.29, 1.82) is 0 Å². The molecule has 1 saturated heterocycles. The molecule has 2 aromatic carbocycles. The molecule has 1 aromatic heterocycles. The van der Waals surface area contributed by atoms with E-state index in [1.54, 1.807) is 24.3 Å². The van der Waals surface area contributed by atoms with Crippen LogP contribution in [0.15, 0.2) is 59.8 Å². The van der Waals surface area contributed by atoms with Gasteiger partial charge in [0.25, 0.3) is 17.1 Å². The molecule has 1 N–H and O–H groups in total. The zero-order chi connectivity index (χ0) is 21.8. The van der Waals surface area contributed by atoms with Crippen molar-refractivity contribution in [3.63, 3.8) is 0 Å². The number of hydrogen-bond donors (Lipinski definition) is 1. The van der Waals surface area contributed by atoms with Crippen LogP contribution in [0.2, 0.25) is 0 Å². The third kappa shape index (κ3) is 4.51. The van der Waals surface area contributed by atoms with E-state index in [-0.39, 0.29) is 29.7 Å². The molecule has 9 nitrogen and oxygen atoms in total. The number of imide groups is 1. The minimum atomic E-state index is -0.456. The van der Waals surface area contributed by atoms with Gasteiger partial charge in [-0.1, -0.05) is 24.3 Å². The summed E-state index contributed by atoms with van der Waals surface area (Å²) >= 11 is 0.803. The van der Waals surface area contributed by atoms with Crippen LogP contribution >= 0.6 is 11.8 Å². The Morgan fingerprint density at radius 3 is 2.65 bits per heavy atom. The average Bonchev–Trinajstić information content (AvgIpc) is 3.40. The number of para-hydroxylation sites is 1. The number of thioether (sulfide) groups is 1. The number of nitrogens with one attached hydrogen (secondary N) is 1. The first-order chi connectivity index (χ1) is 15.0. The smallest absolute Gasteiger partial charge is 0.293 e. The number of carbonyl (C=O) groups excluding carboxylic acids is 3. The lowest BCUT2D eigenvalue weighted by Crippen LogP contribution is -2.37. The van der Waals surface area contributed by atoms with Crippen molar-refractivity contribution in [2.45, 2.75) is 0 Å². The standard InChI is InChI=1S/C20H15FN6O3S/c21-14-7-5-13(6-8-14)11-17-19(29)26(20(30)31-17)10-9-22-18(28)15-3-1-2-4-16(15)27-12-23-24-25-27/h1-8,11-12H,9-10H2,(H,22,28)/b17-11+. The lowest BCUT2D eigenvalue weighted by molar-refractivity contribution is -0.122. The van der Waals surface area contributed by atoms with E-state index < -0.39 is 11.1 Å². The maximum Gasteiger partial charge on any atom is 0.293 e. The van der Waals surface area contributed by atoms with E-state index >= 15 is 0 Å². The molecule has 1 fully saturated rings. The quantitative estimate of drug-likeness (QED) is 0.588. The Bertz CT molecular complexity index is 1160. The number of tetrazole rings is 1. The fourth-order valence-electron chi connectivity index (χ4n) is 2.92. The van der Waals surface area contributed by atoms with Gasteiger partial charge in [-0.25, -0.2) is 4.39 Å². The molecule has 0 atom stereocenters. The number of halogens is 1. The first kappa shape index (κ1) is 20.4. The Balaban J connectivity index is 1.39. The van der Waals surface area contributed by atoms with Crippen molar-refractivity contribution in [3.8, 4) is 5.69 Å². The summed E-state index contributed by atoms with van der Waals surface area (Å²) < 4.78 is 14.4. The van der Waals surface area contributed by atoms with E-state index in [2.05, 4.69) is 20.8 Å². The fraction of sp³-hybridized carbons (Fsp3) is 0.100. The van der Waals surface area contributed by atoms with Crippen molar-refractivity contribution < 1.29 is 18.8 Å². The molecular formula is C20H15FN6O3S. The maximum absolute atomic E-state index is 13.0. The zero-order valence-corrected chi connectivity index (χ0v) is 16.8. The molecule has 4 rings (SSSR count). The molecule has 0 saturated carbocycles. The number of aromatic nitrogens is 4. The highest BCUT2D eigenvalue weighted by molar-refractivity contribution is 8.18. The van der Waals surface area contributed by atoms with Crippen molar-refractivity contribution >= 4 is 34.9 Å². The van der Waals surface area contributed by atoms with Gasteiger partial charge in [-0.05, 0) is 58.1 Å². The average molecular weight is 438 g/mol. The number of rotatable bonds is 6. The zero-order valence-electron chi connectivity index (χ0n) is 15.9. The summed E-state index contributed by atoms with van der Waals surface area (Å²) in [5.74, 6) is -1.23. The van der Waals surface area contributed by atoms with Gasteiger partial charge in [0, 0.05) is 13.1 Å². The first-order valence-electron chi connectivity index (χ1n) is 9.14. The summed E-state index contributed by atoms with van der Waals surface area (Å²) in [7, 11) is 0. The molecule has 31 heavy (non-hydrogen) atoms. The second-order valence-corrected chi connectivity index (χ2v) is 7.41. The van der Waals surface area contributed by atoms with E-state index in [9.17, 15) is 18.8 Å². The van der Waals surface area contributed by atoms with Crippen molar-refractivity contribution in [3.05, 3.63) is 76.7 Å². The van der Waals surface area contributed by atoms with Crippen LogP contribution in [0.25, 0.3) is 11.8 Å². The molecular weight excluding hydrogens is 423 g/mol. The third-order valence-electron chi connectivity index (χ3n) is 4.41. The van der Waals surface area contributed by atoms with Gasteiger partial charge in [0.15, 0.2) is 0 Å². The predicted octanol–water partition coefficient (Wildman–Crippen LogP) is 2.27. The van der Waals surface area contributed by atoms with Gasteiger partial charge in [0.1, 0.15) is 12.1 Å². The lowest BCUT2D eigenvalue weighted by Gasteiger charge is -2.14. The Hall–Kier alpha value is -3.86. The van der Waals surface area contributed by atoms with Crippen LogP contribution in [0, 0.1) is 5.82 Å². The minimum absolute atomic E-state index is 0.0181. The van der Waals surface area contributed by atoms with Crippen LogP contribution < -0.4 is 5.32 Å². The van der Waals surface area contributed by atoms with Gasteiger partial charge >= 0.3 is 0 Å². The van der Waals surface area contributed by atoms with E-state index in [4.69, 9.17) is 0 Å². The Morgan fingerprint density at radius 1 is 1.13 bits per heavy atom. The van der Waals surface area contributed by atoms with Crippen LogP contribution in [0.1, 0.15) is 15.9 Å². The van der Waals surface area contributed by atoms with E-state index in [0.717, 1.165) is 16.7 Å². The van der Waals surface area contributed by atoms with Crippen molar-refractivity contribution in [2.24, 2.45) is 0 Å². The molecule has 156 valence electrons. The largest absolute Gasteiger partial charge is 0.350 e. The van der Waals surface area contributed by atoms with Gasteiger partial charge in [-0.3, -0.25) is 19.3 Å². The van der Waals surface area contributed by atoms with E-state index in [1.807, 2.05) is 0 Å². The highest BCUT2D eigenvalue weighted by atomic mass is 32.2. The summed E-state index contributed by atoms with van der Waals surface area (Å²) in [4.78, 5) is 38.7. The number of nitrogens with zero attached hydrogens (tertiary/aromatic N) is 5. The third-order valence-corrected chi connectivity index (χ3v) is 5.31. The molecule has 1 aliphatic rings. The normalized spacial score (nSPS) is 15.0. The molecule has 1 aliphatic heterocycles. The minimum Gasteiger partial charge on any atom is -0.350 e. The molecule has 0 unspecified atom stereocenters. The fourth-order valence-corrected chi connectivity index (χ4v) is 3.78. The molecule has 0 radical (unpaired) electrons. The van der Waals surface area contributed by atoms with Crippen LogP contribution in [-0.2, 0) is 4.79 Å². The SMILES string of the molecule is O=C(NCCN1C(=O)S/C(=C/c2ccc(F)cc2)C1=O)c1ccccc1-n1cnnn1. The summed E-state index contributed by atoms with van der Waals surface area (Å²) in [5, 5.41) is 13.2. The molecule has 0 spiro atoms. The van der Waals surface area contributed by atoms with Gasteiger partial charge < -0.3 is 5.32 Å². The number of benzene rings is 2. The van der Waals surface area contributed by atoms with Gasteiger partial charge in [-0.2, -0.15) is 4.68 Å². The molecule has 3 amide bonds. The predicted molar refractivity (Wildman–Crippen MR) is 111 cm³/mol. The van der Waals surface area contributed by atoms with Crippen LogP contribution in [0.3, 0.4) is 0 Å². The number of carbonyl (C=O) groups is 3. The molecule has 0 aliphatic carbocycles. The summed E-state index contributed by atoms with van der Waals surface area (Å²) in [5.41, 5.74) is 1.46. The maximum atomic E-state index is 13.0. The highest BCUT2D eigenvalue weighted by Gasteiger charge is 2.34. The highest BCUT2D eigenvalue weighted by Crippen LogP contribution is 2.31. The molecule has 11 heteroatoms. The van der Waals surface area contributed by atoms with Gasteiger partial charge in [-0.15, -0.1) is 5.10 Å². The number of amides is 3. The number of hydrogen-bond acceptors (Lipinski definition) is 7. The van der Waals surface area contributed by atoms with Crippen LogP contribution in [0.5, 0.6) is 0 Å². The second kappa shape index (κ2) is 8.88. The lowest BCUT2D eigenvalue weighted by atomic mass is 10.1. The van der Waals surface area contributed by atoms with Crippen LogP contribution in [0.4, 0.5) is 9.18 Å². The first-order valence-corrected chi connectivity index (χ1v) is 9.96. The molecule has 0 bridgehead atoms. The summed E-state index contributed by atoms with van der Waals surface area (Å²) in [6.45, 7) is 0.0921. The summed E-state index contributed by atoms with van der Waals surface area (Å²) in [6, 6.07) is 12.4. The Kier molecular flexibility index (Phi) is 5.85. The van der Waals surface area contributed by atoms with E-state index in [1.165, 1.54) is 41.4 Å². The van der Waals surface area contributed by atoms with Crippen molar-refractivity contribution in [2.75, 3.05) is 13.1 Å². The molecule has 2 heterocycles. The van der Waals surface area contributed by atoms with Crippen molar-refractivity contribution in [1.82, 2.24) is 30.4 Å². The Labute approximate surface area is 179 Å². The molecule has 3 aromatic rings.